The maximum Gasteiger partial charge on any atom is 0.132 e. The highest BCUT2D eigenvalue weighted by Gasteiger charge is 2.30. The molecule has 3 rings (SSSR count). The number of aryl methyl sites for hydroxylation is 1. The number of rotatable bonds is 2. The lowest BCUT2D eigenvalue weighted by Crippen LogP contribution is -2.21. The number of fused-ring (bicyclic) bond motifs is 2. The Morgan fingerprint density at radius 3 is 2.70 bits per heavy atom. The second-order valence-electron chi connectivity index (χ2n) is 5.02. The van der Waals surface area contributed by atoms with Gasteiger partial charge in [0.05, 0.1) is 5.71 Å². The molecule has 0 spiro atoms. The molecule has 100 valence electrons. The first-order chi connectivity index (χ1) is 9.69. The van der Waals surface area contributed by atoms with Crippen molar-refractivity contribution in [3.63, 3.8) is 0 Å². The summed E-state index contributed by atoms with van der Waals surface area (Å²) in [4.78, 5) is 0. The van der Waals surface area contributed by atoms with Crippen LogP contribution in [0, 0.1) is 11.2 Å². The lowest BCUT2D eigenvalue weighted by atomic mass is 9.74. The summed E-state index contributed by atoms with van der Waals surface area (Å²) in [5.41, 5.74) is 4.56. The van der Waals surface area contributed by atoms with Crippen molar-refractivity contribution >= 4 is 5.71 Å². The number of benzene rings is 2. The minimum Gasteiger partial charge on any atom is -0.300 e. The third-order valence-corrected chi connectivity index (χ3v) is 4.03. The van der Waals surface area contributed by atoms with Crippen molar-refractivity contribution in [3.8, 4) is 0 Å². The van der Waals surface area contributed by atoms with Gasteiger partial charge in [-0.05, 0) is 29.2 Å². The zero-order valence-corrected chi connectivity index (χ0v) is 11.4. The first-order valence-electron chi connectivity index (χ1n) is 6.81. The zero-order chi connectivity index (χ0) is 14.3. The number of hydrogen-bond acceptors (Lipinski definition) is 1. The first kappa shape index (κ1) is 12.8. The minimum atomic E-state index is -0.316. The van der Waals surface area contributed by atoms with E-state index in [1.165, 1.54) is 6.07 Å². The number of allylic oxidation sites excluding steroid dienone is 1. The maximum atomic E-state index is 14.3. The summed E-state index contributed by atoms with van der Waals surface area (Å²) in [6.07, 6.45) is 2.67. The van der Waals surface area contributed by atoms with E-state index in [-0.39, 0.29) is 17.4 Å². The van der Waals surface area contributed by atoms with Crippen LogP contribution >= 0.6 is 0 Å². The van der Waals surface area contributed by atoms with Crippen molar-refractivity contribution in [2.75, 3.05) is 0 Å². The van der Waals surface area contributed by atoms with Crippen LogP contribution in [0.5, 0.6) is 0 Å². The number of nitrogens with one attached hydrogen (secondary N) is 1. The van der Waals surface area contributed by atoms with Gasteiger partial charge in [0.25, 0.3) is 0 Å². The van der Waals surface area contributed by atoms with Crippen LogP contribution in [0.4, 0.5) is 4.39 Å². The highest BCUT2D eigenvalue weighted by Crippen LogP contribution is 2.40. The second-order valence-corrected chi connectivity index (χ2v) is 5.02. The van der Waals surface area contributed by atoms with Crippen molar-refractivity contribution in [3.05, 3.63) is 82.7 Å². The van der Waals surface area contributed by atoms with Gasteiger partial charge in [-0.3, -0.25) is 5.41 Å². The van der Waals surface area contributed by atoms with Crippen LogP contribution in [0.1, 0.15) is 40.7 Å². The quantitative estimate of drug-likeness (QED) is 0.776. The molecule has 0 heterocycles. The van der Waals surface area contributed by atoms with Crippen LogP contribution in [0.15, 0.2) is 49.1 Å². The molecule has 2 heteroatoms. The molecule has 0 amide bonds. The average Bonchev–Trinajstić information content (AvgIpc) is 2.48. The van der Waals surface area contributed by atoms with Gasteiger partial charge in [-0.25, -0.2) is 4.39 Å². The molecular weight excluding hydrogens is 249 g/mol. The summed E-state index contributed by atoms with van der Waals surface area (Å²) in [6.45, 7) is 5.97. The molecule has 0 bridgehead atoms. The Kier molecular flexibility index (Phi) is 3.01. The van der Waals surface area contributed by atoms with E-state index < -0.39 is 0 Å². The monoisotopic (exact) mass is 265 g/mol. The highest BCUT2D eigenvalue weighted by atomic mass is 19.1. The smallest absolute Gasteiger partial charge is 0.132 e. The second kappa shape index (κ2) is 4.71. The lowest BCUT2D eigenvalue weighted by molar-refractivity contribution is 0.620. The molecule has 1 aliphatic carbocycles. The summed E-state index contributed by atoms with van der Waals surface area (Å²) in [7, 11) is 0. The molecular formula is C18H16FN. The molecule has 1 N–H and O–H groups in total. The average molecular weight is 265 g/mol. The summed E-state index contributed by atoms with van der Waals surface area (Å²) < 4.78 is 14.3. The topological polar surface area (TPSA) is 23.9 Å². The van der Waals surface area contributed by atoms with Crippen LogP contribution in [0.3, 0.4) is 0 Å². The molecule has 20 heavy (non-hydrogen) atoms. The molecule has 1 aliphatic rings. The fourth-order valence-corrected chi connectivity index (χ4v) is 3.08. The van der Waals surface area contributed by atoms with Gasteiger partial charge in [0, 0.05) is 17.0 Å². The Balaban J connectivity index is 2.39. The van der Waals surface area contributed by atoms with E-state index in [0.29, 0.717) is 5.56 Å². The van der Waals surface area contributed by atoms with E-state index in [1.54, 1.807) is 0 Å². The summed E-state index contributed by atoms with van der Waals surface area (Å²) >= 11 is 0. The molecule has 1 atom stereocenters. The largest absolute Gasteiger partial charge is 0.300 e. The molecule has 0 aromatic heterocycles. The molecule has 1 unspecified atom stereocenters. The Labute approximate surface area is 118 Å². The molecule has 0 saturated heterocycles. The van der Waals surface area contributed by atoms with Gasteiger partial charge < -0.3 is 0 Å². The fourth-order valence-electron chi connectivity index (χ4n) is 3.08. The summed E-state index contributed by atoms with van der Waals surface area (Å²) in [5, 5.41) is 8.36. The molecule has 0 radical (unpaired) electrons. The Morgan fingerprint density at radius 1 is 1.25 bits per heavy atom. The molecule has 0 fully saturated rings. The van der Waals surface area contributed by atoms with Crippen LogP contribution < -0.4 is 0 Å². The van der Waals surface area contributed by atoms with E-state index in [9.17, 15) is 4.39 Å². The molecule has 0 aliphatic heterocycles. The molecule has 1 nitrogen and oxygen atoms in total. The van der Waals surface area contributed by atoms with Gasteiger partial charge in [-0.2, -0.15) is 0 Å². The Morgan fingerprint density at radius 2 is 2.00 bits per heavy atom. The standard InChI is InChI=1S/C18H16FN/c1-3-11-9-10-15(19)17-16(11)12(4-2)13-7-5-6-8-14(13)18(17)20/h4-10,12,20H,2-3H2,1H3. The van der Waals surface area contributed by atoms with Gasteiger partial charge >= 0.3 is 0 Å². The van der Waals surface area contributed by atoms with E-state index in [2.05, 4.69) is 13.5 Å². The Bertz CT molecular complexity index is 715. The summed E-state index contributed by atoms with van der Waals surface area (Å²) in [5.74, 6) is -0.357. The van der Waals surface area contributed by atoms with Crippen LogP contribution in [0.2, 0.25) is 0 Å². The predicted octanol–water partition coefficient (Wildman–Crippen LogP) is 4.44. The SMILES string of the molecule is C=CC1c2ccccc2C(=N)c2c(F)ccc(CC)c21. The maximum absolute atomic E-state index is 14.3. The highest BCUT2D eigenvalue weighted by molar-refractivity contribution is 6.15. The van der Waals surface area contributed by atoms with Gasteiger partial charge in [0.15, 0.2) is 0 Å². The van der Waals surface area contributed by atoms with Gasteiger partial charge in [0.1, 0.15) is 5.82 Å². The number of hydrogen-bond donors (Lipinski definition) is 1. The van der Waals surface area contributed by atoms with Crippen LogP contribution in [0.25, 0.3) is 0 Å². The minimum absolute atomic E-state index is 0.0408. The van der Waals surface area contributed by atoms with E-state index in [0.717, 1.165) is 28.7 Å². The number of halogens is 1. The fraction of sp³-hybridized carbons (Fsp3) is 0.167. The lowest BCUT2D eigenvalue weighted by Gasteiger charge is -2.29. The normalized spacial score (nSPS) is 16.5. The van der Waals surface area contributed by atoms with E-state index in [4.69, 9.17) is 5.41 Å². The first-order valence-corrected chi connectivity index (χ1v) is 6.81. The summed E-state index contributed by atoms with van der Waals surface area (Å²) in [6, 6.07) is 11.0. The third-order valence-electron chi connectivity index (χ3n) is 4.03. The van der Waals surface area contributed by atoms with Crippen molar-refractivity contribution in [2.24, 2.45) is 0 Å². The zero-order valence-electron chi connectivity index (χ0n) is 11.4. The van der Waals surface area contributed by atoms with E-state index >= 15 is 0 Å². The van der Waals surface area contributed by atoms with Crippen molar-refractivity contribution in [1.29, 1.82) is 5.41 Å². The predicted molar refractivity (Wildman–Crippen MR) is 80.2 cm³/mol. The molecule has 2 aromatic rings. The van der Waals surface area contributed by atoms with Crippen LogP contribution in [-0.4, -0.2) is 5.71 Å². The van der Waals surface area contributed by atoms with Crippen molar-refractivity contribution in [1.82, 2.24) is 0 Å². The van der Waals surface area contributed by atoms with Crippen molar-refractivity contribution in [2.45, 2.75) is 19.3 Å². The van der Waals surface area contributed by atoms with Crippen molar-refractivity contribution < 1.29 is 4.39 Å². The Hall–Kier alpha value is -2.22. The molecule has 2 aromatic carbocycles. The van der Waals surface area contributed by atoms with E-state index in [1.807, 2.05) is 36.4 Å². The molecule has 0 saturated carbocycles. The van der Waals surface area contributed by atoms with Gasteiger partial charge in [-0.15, -0.1) is 6.58 Å². The third kappa shape index (κ3) is 1.64. The van der Waals surface area contributed by atoms with Crippen LogP contribution in [-0.2, 0) is 6.42 Å². The van der Waals surface area contributed by atoms with Gasteiger partial charge in [-0.1, -0.05) is 43.3 Å². The van der Waals surface area contributed by atoms with Gasteiger partial charge in [0.2, 0.25) is 0 Å².